The summed E-state index contributed by atoms with van der Waals surface area (Å²) < 4.78 is 4.53. The second kappa shape index (κ2) is 31.6. The summed E-state index contributed by atoms with van der Waals surface area (Å²) >= 11 is 0. The predicted molar refractivity (Wildman–Crippen MR) is 32.2 cm³/mol. The Kier molecular flexibility index (Phi) is 56.4. The molecule has 0 spiro atoms. The van der Waals surface area contributed by atoms with Crippen LogP contribution in [0.5, 0.6) is 0 Å². The average Bonchev–Trinajstić information content (AvgIpc) is 1.46. The number of rotatable bonds is 0. The van der Waals surface area contributed by atoms with Crippen LogP contribution in [0.15, 0.2) is 13.2 Å². The van der Waals surface area contributed by atoms with Crippen LogP contribution in [-0.2, 0) is 4.12 Å². The molecule has 0 amide bonds. The molecule has 0 N–H and O–H groups in total. The first kappa shape index (κ1) is 8.93. The molecule has 0 atom stereocenters. The molecule has 0 aliphatic carbocycles. The van der Waals surface area contributed by atoms with Crippen molar-refractivity contribution in [3.05, 3.63) is 13.2 Å². The minimum absolute atomic E-state index is 0.931. The molecule has 0 aromatic rings. The molecule has 0 aliphatic rings. The lowest BCUT2D eigenvalue weighted by Gasteiger charge is -1.62. The van der Waals surface area contributed by atoms with Crippen LogP contribution in [-0.4, -0.2) is 21.0 Å². The predicted octanol–water partition coefficient (Wildman–Crippen LogP) is -1.63. The highest BCUT2D eigenvalue weighted by Crippen LogP contribution is 1.20. The smallest absolute Gasteiger partial charge is 0.129 e. The van der Waals surface area contributed by atoms with Crippen molar-refractivity contribution < 1.29 is 4.12 Å². The highest BCUT2D eigenvalue weighted by molar-refractivity contribution is 6.15. The van der Waals surface area contributed by atoms with Gasteiger partial charge < -0.3 is 4.12 Å². The van der Waals surface area contributed by atoms with Crippen molar-refractivity contribution in [1.29, 1.82) is 0 Å². The van der Waals surface area contributed by atoms with Crippen LogP contribution in [0.3, 0.4) is 0 Å². The van der Waals surface area contributed by atoms with E-state index >= 15 is 0 Å². The first-order valence-corrected chi connectivity index (χ1v) is 2.95. The molecule has 0 rings (SSSR count). The van der Waals surface area contributed by atoms with Gasteiger partial charge in [0.05, 0.1) is 0 Å². The molecule has 0 aromatic heterocycles. The van der Waals surface area contributed by atoms with E-state index in [1.165, 1.54) is 0 Å². The van der Waals surface area contributed by atoms with E-state index in [-0.39, 0.29) is 0 Å². The van der Waals surface area contributed by atoms with Gasteiger partial charge in [-0.25, -0.2) is 0 Å². The molecule has 32 valence electrons. The molecule has 0 heterocycles. The van der Waals surface area contributed by atoms with Gasteiger partial charge in [-0.2, -0.15) is 0 Å². The molecule has 0 bridgehead atoms. The summed E-state index contributed by atoms with van der Waals surface area (Å²) in [6, 6.07) is 0. The fourth-order valence-electron chi connectivity index (χ4n) is 0. The highest BCUT2D eigenvalue weighted by Gasteiger charge is 1.28. The number of hydrogen-bond donors (Lipinski definition) is 0. The molecule has 0 radical (unpaired) electrons. The van der Waals surface area contributed by atoms with Gasteiger partial charge in [0.2, 0.25) is 0 Å². The zero-order valence-corrected chi connectivity index (χ0v) is 7.82. The van der Waals surface area contributed by atoms with E-state index < -0.39 is 0 Å². The Hall–Kier alpha value is 0.134. The molecule has 0 saturated carbocycles. The van der Waals surface area contributed by atoms with E-state index in [1.54, 1.807) is 0 Å². The molecular weight excluding hydrogens is 96.2 g/mol. The molecular formula is C2H10OSi2. The molecule has 0 saturated heterocycles. The monoisotopic (exact) mass is 106 g/mol. The normalized spacial score (nSPS) is 5.60. The van der Waals surface area contributed by atoms with E-state index in [1.807, 2.05) is 0 Å². The molecule has 0 aromatic carbocycles. The van der Waals surface area contributed by atoms with Crippen molar-refractivity contribution in [2.24, 2.45) is 0 Å². The summed E-state index contributed by atoms with van der Waals surface area (Å²) in [5.41, 5.74) is 0. The van der Waals surface area contributed by atoms with Crippen LogP contribution >= 0.6 is 0 Å². The average molecular weight is 106 g/mol. The van der Waals surface area contributed by atoms with Crippen LogP contribution in [0.2, 0.25) is 0 Å². The van der Waals surface area contributed by atoms with E-state index in [4.69, 9.17) is 0 Å². The minimum atomic E-state index is 0.931. The molecule has 1 nitrogen and oxygen atoms in total. The summed E-state index contributed by atoms with van der Waals surface area (Å²) in [5, 5.41) is 0. The van der Waals surface area contributed by atoms with Gasteiger partial charge >= 0.3 is 0 Å². The van der Waals surface area contributed by atoms with Gasteiger partial charge in [-0.15, -0.1) is 13.2 Å². The van der Waals surface area contributed by atoms with Crippen molar-refractivity contribution in [2.45, 2.75) is 0 Å². The number of hydrogen-bond acceptors (Lipinski definition) is 1. The summed E-state index contributed by atoms with van der Waals surface area (Å²) in [5.74, 6) is 0. The fraction of sp³-hybridized carbons (Fsp3) is 0. The van der Waals surface area contributed by atoms with E-state index in [0.717, 1.165) is 21.0 Å². The summed E-state index contributed by atoms with van der Waals surface area (Å²) in [7, 11) is 1.86. The maximum Gasteiger partial charge on any atom is 0.129 e. The van der Waals surface area contributed by atoms with E-state index in [0.29, 0.717) is 0 Å². The van der Waals surface area contributed by atoms with Gasteiger partial charge in [0.15, 0.2) is 0 Å². The molecule has 0 fully saturated rings. The second-order valence-corrected chi connectivity index (χ2v) is 3.67. The quantitative estimate of drug-likeness (QED) is 0.266. The minimum Gasteiger partial charge on any atom is -0.471 e. The lowest BCUT2D eigenvalue weighted by Crippen LogP contribution is -1.65. The standard InChI is InChI=1S/C2H4.H6OSi2/c1-2;2-1-3/h1-2H2;2-3H3. The molecule has 5 heavy (non-hydrogen) atoms. The topological polar surface area (TPSA) is 9.23 Å². The van der Waals surface area contributed by atoms with Crippen LogP contribution < -0.4 is 0 Å². The lowest BCUT2D eigenvalue weighted by atomic mass is 11.3. The van der Waals surface area contributed by atoms with Crippen LogP contribution in [0.25, 0.3) is 0 Å². The Morgan fingerprint density at radius 1 is 1.20 bits per heavy atom. The Balaban J connectivity index is 0. The zero-order valence-electron chi connectivity index (χ0n) is 3.82. The molecule has 3 heteroatoms. The van der Waals surface area contributed by atoms with Gasteiger partial charge in [0, 0.05) is 0 Å². The van der Waals surface area contributed by atoms with E-state index in [2.05, 4.69) is 17.3 Å². The zero-order chi connectivity index (χ0) is 4.71. The van der Waals surface area contributed by atoms with Crippen LogP contribution in [0.4, 0.5) is 0 Å². The third-order valence-corrected chi connectivity index (χ3v) is 0. The summed E-state index contributed by atoms with van der Waals surface area (Å²) in [6.45, 7) is 6.00. The Bertz CT molecular complexity index is 11.6. The highest BCUT2D eigenvalue weighted by atomic mass is 28.3. The van der Waals surface area contributed by atoms with Gasteiger partial charge in [-0.3, -0.25) is 0 Å². The van der Waals surface area contributed by atoms with Crippen molar-refractivity contribution in [3.63, 3.8) is 0 Å². The molecule has 0 aliphatic heterocycles. The van der Waals surface area contributed by atoms with Crippen molar-refractivity contribution in [1.82, 2.24) is 0 Å². The van der Waals surface area contributed by atoms with Crippen molar-refractivity contribution >= 4 is 21.0 Å². The largest absolute Gasteiger partial charge is 0.471 e. The van der Waals surface area contributed by atoms with Gasteiger partial charge in [-0.1, -0.05) is 0 Å². The fourth-order valence-corrected chi connectivity index (χ4v) is 0. The molecule has 0 unspecified atom stereocenters. The first-order chi connectivity index (χ1) is 2.41. The third kappa shape index (κ3) is 1050. The van der Waals surface area contributed by atoms with Gasteiger partial charge in [0.25, 0.3) is 0 Å². The lowest BCUT2D eigenvalue weighted by molar-refractivity contribution is 0.690. The Morgan fingerprint density at radius 3 is 1.20 bits per heavy atom. The summed E-state index contributed by atoms with van der Waals surface area (Å²) in [4.78, 5) is 0. The van der Waals surface area contributed by atoms with E-state index in [9.17, 15) is 0 Å². The first-order valence-electron chi connectivity index (χ1n) is 1.32. The van der Waals surface area contributed by atoms with Gasteiger partial charge in [-0.05, 0) is 0 Å². The van der Waals surface area contributed by atoms with Gasteiger partial charge in [0.1, 0.15) is 21.0 Å². The Labute approximate surface area is 39.1 Å². The van der Waals surface area contributed by atoms with Crippen LogP contribution in [0.1, 0.15) is 0 Å². The maximum absolute atomic E-state index is 4.53. The third-order valence-electron chi connectivity index (χ3n) is 0. The summed E-state index contributed by atoms with van der Waals surface area (Å²) in [6.07, 6.45) is 0. The SMILES string of the molecule is C=C.[SiH3]O[SiH3]. The van der Waals surface area contributed by atoms with Crippen molar-refractivity contribution in [2.75, 3.05) is 0 Å². The maximum atomic E-state index is 4.53. The van der Waals surface area contributed by atoms with Crippen molar-refractivity contribution in [3.8, 4) is 0 Å². The second-order valence-electron chi connectivity index (χ2n) is 0.408. The Morgan fingerprint density at radius 2 is 1.20 bits per heavy atom. The van der Waals surface area contributed by atoms with Crippen LogP contribution in [0, 0.1) is 0 Å².